The van der Waals surface area contributed by atoms with Crippen molar-refractivity contribution in [2.45, 2.75) is 52.1 Å². The van der Waals surface area contributed by atoms with Gasteiger partial charge in [0.15, 0.2) is 5.96 Å². The van der Waals surface area contributed by atoms with E-state index in [0.29, 0.717) is 12.1 Å². The summed E-state index contributed by atoms with van der Waals surface area (Å²) in [4.78, 5) is 24.9. The van der Waals surface area contributed by atoms with Gasteiger partial charge in [0.25, 0.3) is 0 Å². The Morgan fingerprint density at radius 2 is 2.07 bits per heavy atom. The summed E-state index contributed by atoms with van der Waals surface area (Å²) < 4.78 is 0. The van der Waals surface area contributed by atoms with Crippen molar-refractivity contribution >= 4 is 17.7 Å². The lowest BCUT2D eigenvalue weighted by atomic mass is 10.1. The van der Waals surface area contributed by atoms with Crippen molar-refractivity contribution in [2.75, 3.05) is 38.6 Å². The fourth-order valence-electron chi connectivity index (χ4n) is 2.91. The number of hydrogen-bond donors (Lipinski definition) is 2. The first-order valence-electron chi connectivity index (χ1n) is 9.85. The van der Waals surface area contributed by atoms with Crippen molar-refractivity contribution in [3.8, 4) is 0 Å². The lowest BCUT2D eigenvalue weighted by molar-refractivity contribution is -0.127. The Hall–Kier alpha value is -2.31. The van der Waals surface area contributed by atoms with Crippen molar-refractivity contribution in [3.05, 3.63) is 23.9 Å². The molecule has 2 heterocycles. The van der Waals surface area contributed by atoms with Crippen molar-refractivity contribution in [2.24, 2.45) is 4.99 Å². The summed E-state index contributed by atoms with van der Waals surface area (Å²) in [5.74, 6) is 1.78. The number of rotatable bonds is 6. The molecule has 1 aromatic heterocycles. The number of amides is 1. The predicted molar refractivity (Wildman–Crippen MR) is 111 cm³/mol. The van der Waals surface area contributed by atoms with Crippen LogP contribution in [0.15, 0.2) is 23.2 Å². The lowest BCUT2D eigenvalue weighted by Crippen LogP contribution is -2.50. The summed E-state index contributed by atoms with van der Waals surface area (Å²) in [6.45, 7) is 8.36. The first kappa shape index (κ1) is 21.0. The molecule has 0 aromatic carbocycles. The Morgan fingerprint density at radius 3 is 2.67 bits per heavy atom. The van der Waals surface area contributed by atoms with E-state index in [0.717, 1.165) is 49.8 Å². The second kappa shape index (κ2) is 10.1. The van der Waals surface area contributed by atoms with E-state index in [9.17, 15) is 4.79 Å². The Labute approximate surface area is 163 Å². The van der Waals surface area contributed by atoms with Crippen LogP contribution >= 0.6 is 0 Å². The third kappa shape index (κ3) is 6.73. The molecule has 7 heteroatoms. The molecule has 7 nitrogen and oxygen atoms in total. The molecule has 0 radical (unpaired) electrons. The van der Waals surface area contributed by atoms with Crippen molar-refractivity contribution in [1.29, 1.82) is 0 Å². The second-order valence-corrected chi connectivity index (χ2v) is 7.45. The molecule has 1 atom stereocenters. The van der Waals surface area contributed by atoms with Crippen LogP contribution in [0.4, 0.5) is 5.82 Å². The molecule has 0 spiro atoms. The fraction of sp³-hybridized carbons (Fsp3) is 0.650. The number of guanidine groups is 1. The third-order valence-corrected chi connectivity index (χ3v) is 4.90. The van der Waals surface area contributed by atoms with E-state index < -0.39 is 0 Å². The number of aryl methyl sites for hydroxylation is 1. The molecule has 0 saturated carbocycles. The van der Waals surface area contributed by atoms with E-state index in [1.807, 2.05) is 13.0 Å². The summed E-state index contributed by atoms with van der Waals surface area (Å²) in [6, 6.07) is 6.81. The fourth-order valence-corrected chi connectivity index (χ4v) is 2.91. The standard InChI is InChI=1S/C20H34N6O/c1-6-15(2)23-20(21-14-19(27)25(4)5)24-17-10-12-26(13-11-17)18-9-7-8-16(3)22-18/h7-9,15,17H,6,10-14H2,1-5H3,(H2,21,23,24). The Bertz CT molecular complexity index is 637. The number of aliphatic imine (C=N–C) groups is 1. The van der Waals surface area contributed by atoms with Gasteiger partial charge in [-0.05, 0) is 45.2 Å². The van der Waals surface area contributed by atoms with Crippen LogP contribution in [0.2, 0.25) is 0 Å². The zero-order valence-corrected chi connectivity index (χ0v) is 17.3. The number of hydrogen-bond acceptors (Lipinski definition) is 4. The van der Waals surface area contributed by atoms with Gasteiger partial charge in [0, 0.05) is 45.0 Å². The summed E-state index contributed by atoms with van der Waals surface area (Å²) in [6.07, 6.45) is 3.02. The quantitative estimate of drug-likeness (QED) is 0.587. The van der Waals surface area contributed by atoms with Crippen LogP contribution < -0.4 is 15.5 Å². The number of aromatic nitrogens is 1. The second-order valence-electron chi connectivity index (χ2n) is 7.45. The van der Waals surface area contributed by atoms with Crippen LogP contribution in [0, 0.1) is 6.92 Å². The molecule has 2 rings (SSSR count). The van der Waals surface area contributed by atoms with Crippen molar-refractivity contribution in [1.82, 2.24) is 20.5 Å². The van der Waals surface area contributed by atoms with E-state index in [2.05, 4.69) is 51.5 Å². The van der Waals surface area contributed by atoms with Gasteiger partial charge in [0.05, 0.1) is 0 Å². The minimum Gasteiger partial charge on any atom is -0.356 e. The molecule has 1 fully saturated rings. The number of nitrogens with zero attached hydrogens (tertiary/aromatic N) is 4. The van der Waals surface area contributed by atoms with Gasteiger partial charge in [-0.1, -0.05) is 13.0 Å². The summed E-state index contributed by atoms with van der Waals surface area (Å²) >= 11 is 0. The third-order valence-electron chi connectivity index (χ3n) is 4.90. The number of carbonyl (C=O) groups is 1. The first-order valence-corrected chi connectivity index (χ1v) is 9.85. The van der Waals surface area contributed by atoms with Gasteiger partial charge >= 0.3 is 0 Å². The number of nitrogens with one attached hydrogen (secondary N) is 2. The highest BCUT2D eigenvalue weighted by molar-refractivity contribution is 5.85. The normalized spacial score (nSPS) is 16.8. The minimum atomic E-state index is 0.000549. The average molecular weight is 375 g/mol. The average Bonchev–Trinajstić information content (AvgIpc) is 2.66. The summed E-state index contributed by atoms with van der Waals surface area (Å²) in [7, 11) is 3.50. The zero-order chi connectivity index (χ0) is 19.8. The van der Waals surface area contributed by atoms with Crippen LogP contribution in [0.25, 0.3) is 0 Å². The largest absolute Gasteiger partial charge is 0.356 e. The van der Waals surface area contributed by atoms with Gasteiger partial charge in [-0.25, -0.2) is 9.98 Å². The maximum atomic E-state index is 11.9. The van der Waals surface area contributed by atoms with E-state index >= 15 is 0 Å². The maximum absolute atomic E-state index is 11.9. The Morgan fingerprint density at radius 1 is 1.37 bits per heavy atom. The molecule has 1 unspecified atom stereocenters. The molecule has 0 aliphatic carbocycles. The highest BCUT2D eigenvalue weighted by Gasteiger charge is 2.21. The smallest absolute Gasteiger partial charge is 0.243 e. The van der Waals surface area contributed by atoms with E-state index in [4.69, 9.17) is 0 Å². The lowest BCUT2D eigenvalue weighted by Gasteiger charge is -2.34. The molecular formula is C20H34N6O. The van der Waals surface area contributed by atoms with Crippen molar-refractivity contribution < 1.29 is 4.79 Å². The highest BCUT2D eigenvalue weighted by atomic mass is 16.2. The topological polar surface area (TPSA) is 72.9 Å². The monoisotopic (exact) mass is 374 g/mol. The van der Waals surface area contributed by atoms with Crippen LogP contribution in [-0.2, 0) is 4.79 Å². The molecule has 2 N–H and O–H groups in total. The molecule has 1 aliphatic heterocycles. The molecule has 150 valence electrons. The van der Waals surface area contributed by atoms with Gasteiger partial charge in [-0.3, -0.25) is 4.79 Å². The maximum Gasteiger partial charge on any atom is 0.243 e. The first-order chi connectivity index (χ1) is 12.9. The van der Waals surface area contributed by atoms with Gasteiger partial charge < -0.3 is 20.4 Å². The summed E-state index contributed by atoms with van der Waals surface area (Å²) in [5.41, 5.74) is 1.05. The van der Waals surface area contributed by atoms with Gasteiger partial charge in [-0.2, -0.15) is 0 Å². The Balaban J connectivity index is 1.93. The number of pyridine rings is 1. The van der Waals surface area contributed by atoms with Gasteiger partial charge in [0.1, 0.15) is 12.4 Å². The number of likely N-dealkylation sites (N-methyl/N-ethyl adjacent to an activating group) is 1. The molecule has 1 amide bonds. The van der Waals surface area contributed by atoms with Gasteiger partial charge in [-0.15, -0.1) is 0 Å². The predicted octanol–water partition coefficient (Wildman–Crippen LogP) is 1.78. The summed E-state index contributed by atoms with van der Waals surface area (Å²) in [5, 5.41) is 6.92. The Kier molecular flexibility index (Phi) is 7.88. The molecular weight excluding hydrogens is 340 g/mol. The molecule has 1 aliphatic rings. The van der Waals surface area contributed by atoms with Crippen LogP contribution in [0.3, 0.4) is 0 Å². The molecule has 0 bridgehead atoms. The molecule has 27 heavy (non-hydrogen) atoms. The number of anilines is 1. The highest BCUT2D eigenvalue weighted by Crippen LogP contribution is 2.18. The van der Waals surface area contributed by atoms with Crippen LogP contribution in [0.5, 0.6) is 0 Å². The number of carbonyl (C=O) groups excluding carboxylic acids is 1. The van der Waals surface area contributed by atoms with Gasteiger partial charge in [0.2, 0.25) is 5.91 Å². The SMILES string of the molecule is CCC(C)NC(=NCC(=O)N(C)C)NC1CCN(c2cccc(C)n2)CC1. The van der Waals surface area contributed by atoms with E-state index in [-0.39, 0.29) is 12.5 Å². The zero-order valence-electron chi connectivity index (χ0n) is 17.3. The minimum absolute atomic E-state index is 0.000549. The van der Waals surface area contributed by atoms with E-state index in [1.54, 1.807) is 19.0 Å². The molecule has 1 saturated heterocycles. The van der Waals surface area contributed by atoms with Crippen LogP contribution in [0.1, 0.15) is 38.8 Å². The molecule has 1 aromatic rings. The number of piperidine rings is 1. The van der Waals surface area contributed by atoms with E-state index in [1.165, 1.54) is 0 Å². The van der Waals surface area contributed by atoms with Crippen molar-refractivity contribution in [3.63, 3.8) is 0 Å². The van der Waals surface area contributed by atoms with Crippen LogP contribution in [-0.4, -0.2) is 67.6 Å².